The molecular formula is C22H25NO6S. The molecule has 0 bridgehead atoms. The summed E-state index contributed by atoms with van der Waals surface area (Å²) in [5.41, 5.74) is -0.532. The quantitative estimate of drug-likeness (QED) is 0.708. The molecule has 160 valence electrons. The molecule has 2 atom stereocenters. The predicted molar refractivity (Wildman–Crippen MR) is 109 cm³/mol. The lowest BCUT2D eigenvalue weighted by molar-refractivity contribution is -0.138. The van der Waals surface area contributed by atoms with Gasteiger partial charge < -0.3 is 9.84 Å². The van der Waals surface area contributed by atoms with Crippen molar-refractivity contribution in [2.45, 2.75) is 57.1 Å². The number of fused-ring (bicyclic) bond motifs is 1. The fourth-order valence-electron chi connectivity index (χ4n) is 4.88. The minimum Gasteiger partial charge on any atom is -0.453 e. The summed E-state index contributed by atoms with van der Waals surface area (Å²) < 4.78 is 28.7. The second-order valence-electron chi connectivity index (χ2n) is 9.26. The number of ether oxygens (including phenoxy) is 1. The van der Waals surface area contributed by atoms with E-state index in [1.807, 2.05) is 20.8 Å². The molecule has 0 unspecified atom stereocenters. The fraction of sp³-hybridized carbons (Fsp3) is 0.455. The molecule has 30 heavy (non-hydrogen) atoms. The average molecular weight is 432 g/mol. The van der Waals surface area contributed by atoms with Gasteiger partial charge in [0.1, 0.15) is 11.7 Å². The van der Waals surface area contributed by atoms with Crippen LogP contribution in [0.3, 0.4) is 0 Å². The number of primary sulfonamides is 1. The summed E-state index contributed by atoms with van der Waals surface area (Å²) in [7, 11) is -3.86. The van der Waals surface area contributed by atoms with E-state index in [9.17, 15) is 23.1 Å². The van der Waals surface area contributed by atoms with Gasteiger partial charge in [0, 0.05) is 22.0 Å². The van der Waals surface area contributed by atoms with Crippen LogP contribution in [0.5, 0.6) is 0 Å². The summed E-state index contributed by atoms with van der Waals surface area (Å²) in [5.74, 6) is -0.955. The van der Waals surface area contributed by atoms with Crippen LogP contribution in [-0.4, -0.2) is 37.0 Å². The van der Waals surface area contributed by atoms with Gasteiger partial charge in [-0.3, -0.25) is 4.79 Å². The normalized spacial score (nSPS) is 28.9. The molecule has 0 heterocycles. The van der Waals surface area contributed by atoms with Gasteiger partial charge in [0.25, 0.3) is 0 Å². The van der Waals surface area contributed by atoms with E-state index in [0.29, 0.717) is 24.0 Å². The van der Waals surface area contributed by atoms with E-state index in [1.54, 1.807) is 13.0 Å². The molecule has 8 heteroatoms. The lowest BCUT2D eigenvalue weighted by atomic mass is 9.67. The van der Waals surface area contributed by atoms with Gasteiger partial charge in [-0.2, -0.15) is 0 Å². The molecule has 0 amide bonds. The highest BCUT2D eigenvalue weighted by Gasteiger charge is 2.66. The van der Waals surface area contributed by atoms with Crippen LogP contribution < -0.4 is 5.14 Å². The number of carbonyl (C=O) groups excluding carboxylic acids is 2. The van der Waals surface area contributed by atoms with E-state index < -0.39 is 38.5 Å². The summed E-state index contributed by atoms with van der Waals surface area (Å²) in [6.07, 6.45) is 2.52. The van der Waals surface area contributed by atoms with E-state index in [2.05, 4.69) is 0 Å². The number of aliphatic hydroxyl groups is 1. The number of Topliss-reactive ketones (excluding diaryl/α,β-unsaturated/α-hetero) is 1. The van der Waals surface area contributed by atoms with Crippen molar-refractivity contribution in [1.82, 2.24) is 0 Å². The van der Waals surface area contributed by atoms with Gasteiger partial charge in [-0.05, 0) is 51.0 Å². The molecule has 0 aromatic heterocycles. The summed E-state index contributed by atoms with van der Waals surface area (Å²) in [5, 5.41) is 16.1. The topological polar surface area (TPSA) is 124 Å². The Hall–Kier alpha value is -2.29. The van der Waals surface area contributed by atoms with Crippen molar-refractivity contribution in [2.24, 2.45) is 16.0 Å². The van der Waals surface area contributed by atoms with E-state index in [1.165, 1.54) is 24.3 Å². The molecule has 1 fully saturated rings. The monoisotopic (exact) mass is 431 g/mol. The van der Waals surface area contributed by atoms with Gasteiger partial charge in [-0.15, -0.1) is 0 Å². The molecule has 0 saturated heterocycles. The first-order valence-corrected chi connectivity index (χ1v) is 11.3. The third-order valence-corrected chi connectivity index (χ3v) is 7.81. The SMILES string of the molecule is CC1=C2C(=CC(C)(C)[C@@H]2OC(=O)c2ccc(S(N)(=O)=O)cc2)C(=O)[C@](C)(O)C12CC2. The number of ketones is 1. The minimum absolute atomic E-state index is 0.0986. The zero-order chi connectivity index (χ0) is 22.3. The molecule has 7 nitrogen and oxygen atoms in total. The van der Waals surface area contributed by atoms with Gasteiger partial charge in [0.2, 0.25) is 10.0 Å². The lowest BCUT2D eigenvalue weighted by Gasteiger charge is -2.40. The zero-order valence-electron chi connectivity index (χ0n) is 17.4. The van der Waals surface area contributed by atoms with Gasteiger partial charge in [0.05, 0.1) is 10.5 Å². The van der Waals surface area contributed by atoms with Crippen molar-refractivity contribution in [3.63, 3.8) is 0 Å². The number of carbonyl (C=O) groups is 2. The number of hydrogen-bond donors (Lipinski definition) is 2. The zero-order valence-corrected chi connectivity index (χ0v) is 18.2. The third kappa shape index (κ3) is 2.81. The van der Waals surface area contributed by atoms with Crippen LogP contribution >= 0.6 is 0 Å². The molecule has 1 spiro atoms. The highest BCUT2D eigenvalue weighted by molar-refractivity contribution is 7.89. The molecule has 3 aliphatic rings. The van der Waals surface area contributed by atoms with Crippen molar-refractivity contribution in [2.75, 3.05) is 0 Å². The largest absolute Gasteiger partial charge is 0.453 e. The number of sulfonamides is 1. The van der Waals surface area contributed by atoms with Crippen molar-refractivity contribution >= 4 is 21.8 Å². The first kappa shape index (κ1) is 21.0. The molecule has 1 aromatic carbocycles. The summed E-state index contributed by atoms with van der Waals surface area (Å²) >= 11 is 0. The average Bonchev–Trinajstić information content (AvgIpc) is 3.42. The smallest absolute Gasteiger partial charge is 0.338 e. The lowest BCUT2D eigenvalue weighted by Crippen LogP contribution is -2.50. The van der Waals surface area contributed by atoms with Crippen LogP contribution in [0.1, 0.15) is 50.9 Å². The first-order chi connectivity index (χ1) is 13.7. The maximum atomic E-state index is 13.1. The molecule has 0 aliphatic heterocycles. The molecule has 3 aliphatic carbocycles. The van der Waals surface area contributed by atoms with E-state index in [0.717, 1.165) is 5.57 Å². The number of esters is 1. The molecule has 1 aromatic rings. The van der Waals surface area contributed by atoms with Gasteiger partial charge in [0.15, 0.2) is 5.78 Å². The van der Waals surface area contributed by atoms with E-state index >= 15 is 0 Å². The van der Waals surface area contributed by atoms with Crippen LogP contribution in [0.4, 0.5) is 0 Å². The van der Waals surface area contributed by atoms with Crippen LogP contribution in [0, 0.1) is 10.8 Å². The Kier molecular flexibility index (Phi) is 4.28. The van der Waals surface area contributed by atoms with Gasteiger partial charge in [-0.25, -0.2) is 18.4 Å². The Morgan fingerprint density at radius 1 is 1.17 bits per heavy atom. The first-order valence-electron chi connectivity index (χ1n) is 9.78. The molecule has 4 rings (SSSR count). The predicted octanol–water partition coefficient (Wildman–Crippen LogP) is 2.26. The molecule has 1 saturated carbocycles. The van der Waals surface area contributed by atoms with Crippen molar-refractivity contribution in [1.29, 1.82) is 0 Å². The maximum absolute atomic E-state index is 13.1. The fourth-order valence-corrected chi connectivity index (χ4v) is 5.40. The van der Waals surface area contributed by atoms with Crippen molar-refractivity contribution in [3.8, 4) is 0 Å². The second kappa shape index (κ2) is 6.12. The summed E-state index contributed by atoms with van der Waals surface area (Å²) in [4.78, 5) is 25.8. The third-order valence-electron chi connectivity index (χ3n) is 6.88. The van der Waals surface area contributed by atoms with Crippen LogP contribution in [0.15, 0.2) is 52.0 Å². The van der Waals surface area contributed by atoms with Crippen LogP contribution in [-0.2, 0) is 19.6 Å². The number of rotatable bonds is 3. The summed E-state index contributed by atoms with van der Waals surface area (Å²) in [6, 6.07) is 5.19. The minimum atomic E-state index is -3.86. The Balaban J connectivity index is 1.70. The number of nitrogens with two attached hydrogens (primary N) is 1. The standard InChI is InChI=1S/C22H25NO6S/c1-12-16-15(17(24)21(4,26)22(12)9-10-22)11-20(2,3)18(16)29-19(25)13-5-7-14(8-6-13)30(23,27)28/h5-8,11,18,26H,9-10H2,1-4H3,(H2,23,27,28)/t18-,21+/m1/s1. The Morgan fingerprint density at radius 2 is 1.73 bits per heavy atom. The maximum Gasteiger partial charge on any atom is 0.338 e. The van der Waals surface area contributed by atoms with E-state index in [-0.39, 0.29) is 16.2 Å². The molecule has 3 N–H and O–H groups in total. The van der Waals surface area contributed by atoms with Crippen molar-refractivity contribution < 1.29 is 27.9 Å². The van der Waals surface area contributed by atoms with Crippen LogP contribution in [0.2, 0.25) is 0 Å². The molecule has 0 radical (unpaired) electrons. The van der Waals surface area contributed by atoms with Crippen LogP contribution in [0.25, 0.3) is 0 Å². The Bertz CT molecular complexity index is 1130. The second-order valence-corrected chi connectivity index (χ2v) is 10.8. The van der Waals surface area contributed by atoms with Crippen molar-refractivity contribution in [3.05, 3.63) is 52.6 Å². The number of benzene rings is 1. The van der Waals surface area contributed by atoms with E-state index in [4.69, 9.17) is 9.88 Å². The Morgan fingerprint density at radius 3 is 2.23 bits per heavy atom. The highest BCUT2D eigenvalue weighted by atomic mass is 32.2. The highest BCUT2D eigenvalue weighted by Crippen LogP contribution is 2.65. The Labute approximate surface area is 175 Å². The number of hydrogen-bond acceptors (Lipinski definition) is 6. The van der Waals surface area contributed by atoms with Gasteiger partial charge in [-0.1, -0.05) is 25.5 Å². The van der Waals surface area contributed by atoms with Gasteiger partial charge >= 0.3 is 5.97 Å². The summed E-state index contributed by atoms with van der Waals surface area (Å²) in [6.45, 7) is 7.23. The molecular weight excluding hydrogens is 406 g/mol.